The van der Waals surface area contributed by atoms with Crippen LogP contribution < -0.4 is 16.6 Å². The molecule has 1 amide bonds. The van der Waals surface area contributed by atoms with Gasteiger partial charge in [-0.1, -0.05) is 17.9 Å². The van der Waals surface area contributed by atoms with Gasteiger partial charge in [0.05, 0.1) is 12.1 Å². The summed E-state index contributed by atoms with van der Waals surface area (Å²) in [5, 5.41) is 2.40. The van der Waals surface area contributed by atoms with Crippen LogP contribution in [0.1, 0.15) is 11.1 Å². The van der Waals surface area contributed by atoms with Crippen LogP contribution in [-0.4, -0.2) is 22.0 Å². The maximum atomic E-state index is 12.6. The number of amides is 1. The molecule has 9 heteroatoms. The van der Waals surface area contributed by atoms with E-state index in [1.807, 2.05) is 4.98 Å². The number of H-pyrrole nitrogens is 1. The zero-order valence-electron chi connectivity index (χ0n) is 12.7. The minimum atomic E-state index is -4.45. The fourth-order valence-electron chi connectivity index (χ4n) is 1.84. The number of carbonyl (C=O) groups is 1. The highest BCUT2D eigenvalue weighted by Crippen LogP contribution is 2.29. The van der Waals surface area contributed by atoms with E-state index in [0.717, 1.165) is 22.8 Å². The summed E-state index contributed by atoms with van der Waals surface area (Å²) in [5.74, 6) is 4.51. The fourth-order valence-corrected chi connectivity index (χ4v) is 1.84. The van der Waals surface area contributed by atoms with Crippen LogP contribution in [0.4, 0.5) is 13.2 Å². The smallest absolute Gasteiger partial charge is 0.344 e. The molecule has 2 rings (SSSR count). The maximum Gasteiger partial charge on any atom is 0.416 e. The molecule has 0 saturated carbocycles. The number of aromatic amines is 1. The molecule has 0 spiro atoms. The van der Waals surface area contributed by atoms with Crippen LogP contribution in [-0.2, 0) is 17.5 Å². The number of nitrogens with one attached hydrogen (secondary N) is 2. The van der Waals surface area contributed by atoms with Crippen molar-refractivity contribution in [3.8, 4) is 11.8 Å². The minimum absolute atomic E-state index is 0.104. The van der Waals surface area contributed by atoms with Gasteiger partial charge in [0.25, 0.3) is 5.56 Å². The van der Waals surface area contributed by atoms with E-state index in [2.05, 4.69) is 17.2 Å². The SMILES string of the molecule is O=C(Cn1ccc(=O)[nH]c1=O)NCC#Cc1cccc(C(F)(F)F)c1. The highest BCUT2D eigenvalue weighted by Gasteiger charge is 2.30. The Morgan fingerprint density at radius 2 is 2.00 bits per heavy atom. The lowest BCUT2D eigenvalue weighted by atomic mass is 10.1. The van der Waals surface area contributed by atoms with E-state index in [-0.39, 0.29) is 18.7 Å². The van der Waals surface area contributed by atoms with Crippen LogP contribution in [0.2, 0.25) is 0 Å². The van der Waals surface area contributed by atoms with Crippen molar-refractivity contribution in [1.29, 1.82) is 0 Å². The molecular formula is C16H12F3N3O3. The minimum Gasteiger partial charge on any atom is -0.344 e. The lowest BCUT2D eigenvalue weighted by molar-refractivity contribution is -0.137. The van der Waals surface area contributed by atoms with E-state index in [1.165, 1.54) is 18.3 Å². The molecule has 2 N–H and O–H groups in total. The molecule has 0 unspecified atom stereocenters. The first-order valence-corrected chi connectivity index (χ1v) is 6.98. The standard InChI is InChI=1S/C16H12F3N3O3/c17-16(18,19)12-5-1-3-11(9-12)4-2-7-20-14(24)10-22-8-6-13(23)21-15(22)25/h1,3,5-6,8-9H,7,10H2,(H,20,24)(H,21,23,25). The summed E-state index contributed by atoms with van der Waals surface area (Å²) in [6.07, 6.45) is -3.27. The van der Waals surface area contributed by atoms with Crippen molar-refractivity contribution in [3.63, 3.8) is 0 Å². The van der Waals surface area contributed by atoms with Gasteiger partial charge in [-0.3, -0.25) is 19.1 Å². The highest BCUT2D eigenvalue weighted by atomic mass is 19.4. The number of hydrogen-bond donors (Lipinski definition) is 2. The Bertz CT molecular complexity index is 949. The Hall–Kier alpha value is -3.28. The van der Waals surface area contributed by atoms with E-state index in [1.54, 1.807) is 0 Å². The average molecular weight is 351 g/mol. The van der Waals surface area contributed by atoms with Gasteiger partial charge < -0.3 is 5.32 Å². The third kappa shape index (κ3) is 5.39. The first-order chi connectivity index (χ1) is 11.8. The molecule has 0 atom stereocenters. The second kappa shape index (κ2) is 7.53. The zero-order valence-corrected chi connectivity index (χ0v) is 12.7. The number of rotatable bonds is 3. The first kappa shape index (κ1) is 18.1. The number of halogens is 3. The van der Waals surface area contributed by atoms with Gasteiger partial charge in [0.1, 0.15) is 6.54 Å². The van der Waals surface area contributed by atoms with Crippen molar-refractivity contribution < 1.29 is 18.0 Å². The lowest BCUT2D eigenvalue weighted by Crippen LogP contribution is -2.35. The van der Waals surface area contributed by atoms with Crippen LogP contribution in [0.25, 0.3) is 0 Å². The number of hydrogen-bond acceptors (Lipinski definition) is 3. The summed E-state index contributed by atoms with van der Waals surface area (Å²) >= 11 is 0. The van der Waals surface area contributed by atoms with Crippen LogP contribution in [0, 0.1) is 11.8 Å². The van der Waals surface area contributed by atoms with Crippen LogP contribution in [0.3, 0.4) is 0 Å². The van der Waals surface area contributed by atoms with Crippen molar-refractivity contribution in [2.75, 3.05) is 6.54 Å². The second-order valence-corrected chi connectivity index (χ2v) is 4.90. The van der Waals surface area contributed by atoms with E-state index in [0.29, 0.717) is 0 Å². The van der Waals surface area contributed by atoms with Gasteiger partial charge in [-0.15, -0.1) is 0 Å². The van der Waals surface area contributed by atoms with E-state index in [4.69, 9.17) is 0 Å². The van der Waals surface area contributed by atoms with Crippen LogP contribution in [0.5, 0.6) is 0 Å². The van der Waals surface area contributed by atoms with Gasteiger partial charge in [0.15, 0.2) is 0 Å². The molecule has 0 aliphatic carbocycles. The summed E-state index contributed by atoms with van der Waals surface area (Å²) in [7, 11) is 0. The van der Waals surface area contributed by atoms with Gasteiger partial charge in [0.2, 0.25) is 5.91 Å². The molecule has 0 aliphatic heterocycles. The van der Waals surface area contributed by atoms with Crippen LogP contribution >= 0.6 is 0 Å². The number of benzene rings is 1. The first-order valence-electron chi connectivity index (χ1n) is 6.98. The van der Waals surface area contributed by atoms with Crippen LogP contribution in [0.15, 0.2) is 46.1 Å². The van der Waals surface area contributed by atoms with Gasteiger partial charge in [-0.2, -0.15) is 13.2 Å². The molecule has 1 aromatic heterocycles. The number of alkyl halides is 3. The Balaban J connectivity index is 1.93. The Labute approximate surface area is 139 Å². The molecule has 130 valence electrons. The average Bonchev–Trinajstić information content (AvgIpc) is 2.54. The predicted octanol–water partition coefficient (Wildman–Crippen LogP) is 0.723. The molecule has 1 aromatic carbocycles. The lowest BCUT2D eigenvalue weighted by Gasteiger charge is -2.06. The van der Waals surface area contributed by atoms with E-state index >= 15 is 0 Å². The molecule has 6 nitrogen and oxygen atoms in total. The van der Waals surface area contributed by atoms with E-state index < -0.39 is 28.9 Å². The van der Waals surface area contributed by atoms with Gasteiger partial charge in [0, 0.05) is 17.8 Å². The van der Waals surface area contributed by atoms with Crippen molar-refractivity contribution in [1.82, 2.24) is 14.9 Å². The molecule has 0 bridgehead atoms. The Morgan fingerprint density at radius 3 is 2.68 bits per heavy atom. The molecule has 2 aromatic rings. The second-order valence-electron chi connectivity index (χ2n) is 4.90. The summed E-state index contributed by atoms with van der Waals surface area (Å²) in [4.78, 5) is 36.0. The third-order valence-electron chi connectivity index (χ3n) is 3.01. The topological polar surface area (TPSA) is 84.0 Å². The highest BCUT2D eigenvalue weighted by molar-refractivity contribution is 5.75. The number of nitrogens with zero attached hydrogens (tertiary/aromatic N) is 1. The Morgan fingerprint density at radius 1 is 1.24 bits per heavy atom. The molecular weight excluding hydrogens is 339 g/mol. The van der Waals surface area contributed by atoms with Crippen molar-refractivity contribution in [2.24, 2.45) is 0 Å². The van der Waals surface area contributed by atoms with E-state index in [9.17, 15) is 27.6 Å². The summed E-state index contributed by atoms with van der Waals surface area (Å²) in [5.41, 5.74) is -1.94. The molecule has 1 heterocycles. The number of aromatic nitrogens is 2. The number of carbonyl (C=O) groups excluding carboxylic acids is 1. The molecule has 0 saturated heterocycles. The summed E-state index contributed by atoms with van der Waals surface area (Å²) in [6, 6.07) is 5.61. The monoisotopic (exact) mass is 351 g/mol. The van der Waals surface area contributed by atoms with Gasteiger partial charge in [-0.25, -0.2) is 4.79 Å². The van der Waals surface area contributed by atoms with Crippen molar-refractivity contribution >= 4 is 5.91 Å². The normalized spacial score (nSPS) is 10.7. The molecule has 0 aliphatic rings. The molecule has 25 heavy (non-hydrogen) atoms. The fraction of sp³-hybridized carbons (Fsp3) is 0.188. The predicted molar refractivity (Wildman–Crippen MR) is 82.7 cm³/mol. The maximum absolute atomic E-state index is 12.6. The summed E-state index contributed by atoms with van der Waals surface area (Å²) in [6.45, 7) is -0.423. The molecule has 0 fully saturated rings. The Kier molecular flexibility index (Phi) is 5.44. The zero-order chi connectivity index (χ0) is 18.4. The largest absolute Gasteiger partial charge is 0.416 e. The van der Waals surface area contributed by atoms with Gasteiger partial charge >= 0.3 is 11.9 Å². The summed E-state index contributed by atoms with van der Waals surface area (Å²) < 4.78 is 38.7. The van der Waals surface area contributed by atoms with Crippen molar-refractivity contribution in [2.45, 2.75) is 12.7 Å². The van der Waals surface area contributed by atoms with Gasteiger partial charge in [-0.05, 0) is 18.2 Å². The van der Waals surface area contributed by atoms with Crippen molar-refractivity contribution in [3.05, 3.63) is 68.5 Å². The third-order valence-corrected chi connectivity index (χ3v) is 3.01. The quantitative estimate of drug-likeness (QED) is 0.800. The molecule has 0 radical (unpaired) electrons.